The molecule has 0 radical (unpaired) electrons. The van der Waals surface area contributed by atoms with Gasteiger partial charge in [-0.25, -0.2) is 9.59 Å². The zero-order valence-corrected chi connectivity index (χ0v) is 11.7. The van der Waals surface area contributed by atoms with Crippen LogP contribution in [0.5, 0.6) is 0 Å². The number of rotatable bonds is 6. The Morgan fingerprint density at radius 3 is 1.42 bits per heavy atom. The maximum atomic E-state index is 11.3. The van der Waals surface area contributed by atoms with Gasteiger partial charge in [0, 0.05) is 12.8 Å². The fourth-order valence-corrected chi connectivity index (χ4v) is 2.01. The first-order valence-electron chi connectivity index (χ1n) is 6.35. The molecule has 0 spiro atoms. The summed E-state index contributed by atoms with van der Waals surface area (Å²) in [4.78, 5) is 22.6. The van der Waals surface area contributed by atoms with Crippen LogP contribution in [0, 0.1) is 11.8 Å². The van der Waals surface area contributed by atoms with Gasteiger partial charge in [0.1, 0.15) is 22.6 Å². The van der Waals surface area contributed by atoms with E-state index in [2.05, 4.69) is 0 Å². The summed E-state index contributed by atoms with van der Waals surface area (Å²) in [6, 6.07) is 0. The summed E-state index contributed by atoms with van der Waals surface area (Å²) >= 11 is 0. The number of carboxylic acid groups (broad SMARTS) is 2. The zero-order chi connectivity index (χ0) is 14.7. The summed E-state index contributed by atoms with van der Waals surface area (Å²) in [5.74, 6) is -1.58. The molecule has 0 amide bonds. The van der Waals surface area contributed by atoms with Crippen LogP contribution in [-0.4, -0.2) is 22.2 Å². The molecule has 5 nitrogen and oxygen atoms in total. The second kappa shape index (κ2) is 5.91. The van der Waals surface area contributed by atoms with Gasteiger partial charge in [0.2, 0.25) is 0 Å². The predicted molar refractivity (Wildman–Crippen MR) is 69.7 cm³/mol. The van der Waals surface area contributed by atoms with Crippen LogP contribution in [-0.2, 0) is 12.8 Å². The number of aromatic carboxylic acids is 2. The molecule has 1 rings (SSSR count). The van der Waals surface area contributed by atoms with Crippen LogP contribution < -0.4 is 0 Å². The second-order valence-electron chi connectivity index (χ2n) is 5.50. The normalized spacial score (nSPS) is 11.3. The lowest BCUT2D eigenvalue weighted by molar-refractivity contribution is 0.0651. The van der Waals surface area contributed by atoms with E-state index in [1.807, 2.05) is 27.7 Å². The van der Waals surface area contributed by atoms with Crippen LogP contribution in [0.2, 0.25) is 0 Å². The van der Waals surface area contributed by atoms with Crippen molar-refractivity contribution in [1.29, 1.82) is 0 Å². The first-order valence-corrected chi connectivity index (χ1v) is 6.35. The van der Waals surface area contributed by atoms with E-state index in [1.54, 1.807) is 0 Å². The highest BCUT2D eigenvalue weighted by molar-refractivity contribution is 6.03. The summed E-state index contributed by atoms with van der Waals surface area (Å²) in [5.41, 5.74) is -0.395. The van der Waals surface area contributed by atoms with Crippen LogP contribution in [0.4, 0.5) is 0 Å². The smallest absolute Gasteiger partial charge is 0.340 e. The maximum absolute atomic E-state index is 11.3. The first kappa shape index (κ1) is 15.3. The van der Waals surface area contributed by atoms with Gasteiger partial charge in [0.15, 0.2) is 0 Å². The lowest BCUT2D eigenvalue weighted by Crippen LogP contribution is -2.10. The third-order valence-corrected chi connectivity index (χ3v) is 2.67. The monoisotopic (exact) mass is 268 g/mol. The highest BCUT2D eigenvalue weighted by Gasteiger charge is 2.30. The summed E-state index contributed by atoms with van der Waals surface area (Å²) in [6.07, 6.45) is 0.833. The molecule has 0 aliphatic heterocycles. The predicted octanol–water partition coefficient (Wildman–Crippen LogP) is 3.07. The zero-order valence-electron chi connectivity index (χ0n) is 11.7. The number of carboxylic acids is 2. The van der Waals surface area contributed by atoms with E-state index in [1.165, 1.54) is 0 Å². The number of carbonyl (C=O) groups is 2. The molecule has 19 heavy (non-hydrogen) atoms. The summed E-state index contributed by atoms with van der Waals surface area (Å²) in [6.45, 7) is 7.71. The van der Waals surface area contributed by atoms with E-state index in [9.17, 15) is 19.8 Å². The van der Waals surface area contributed by atoms with E-state index >= 15 is 0 Å². The van der Waals surface area contributed by atoms with Crippen LogP contribution in [0.25, 0.3) is 0 Å². The fourth-order valence-electron chi connectivity index (χ4n) is 2.01. The molecule has 0 unspecified atom stereocenters. The molecule has 0 atom stereocenters. The lowest BCUT2D eigenvalue weighted by atomic mass is 10.00. The molecule has 0 aliphatic carbocycles. The van der Waals surface area contributed by atoms with E-state index in [-0.39, 0.29) is 34.5 Å². The van der Waals surface area contributed by atoms with Gasteiger partial charge in [-0.05, 0) is 11.8 Å². The van der Waals surface area contributed by atoms with Gasteiger partial charge in [-0.3, -0.25) is 0 Å². The highest BCUT2D eigenvalue weighted by Crippen LogP contribution is 2.27. The molecular weight excluding hydrogens is 248 g/mol. The van der Waals surface area contributed by atoms with Crippen LogP contribution >= 0.6 is 0 Å². The summed E-state index contributed by atoms with van der Waals surface area (Å²) < 4.78 is 5.53. The molecule has 0 bridgehead atoms. The van der Waals surface area contributed by atoms with Crippen LogP contribution in [0.15, 0.2) is 4.42 Å². The van der Waals surface area contributed by atoms with Gasteiger partial charge < -0.3 is 14.6 Å². The van der Waals surface area contributed by atoms with Gasteiger partial charge >= 0.3 is 11.9 Å². The largest absolute Gasteiger partial charge is 0.478 e. The Hall–Kier alpha value is -1.78. The molecule has 1 aromatic rings. The van der Waals surface area contributed by atoms with Crippen molar-refractivity contribution in [2.45, 2.75) is 40.5 Å². The third kappa shape index (κ3) is 3.59. The fraction of sp³-hybridized carbons (Fsp3) is 0.571. The van der Waals surface area contributed by atoms with E-state index < -0.39 is 11.9 Å². The first-order chi connectivity index (χ1) is 8.73. The minimum absolute atomic E-state index is 0.192. The maximum Gasteiger partial charge on any atom is 0.340 e. The minimum atomic E-state index is -1.24. The van der Waals surface area contributed by atoms with Gasteiger partial charge in [-0.2, -0.15) is 0 Å². The molecule has 0 saturated carbocycles. The van der Waals surface area contributed by atoms with E-state index in [0.29, 0.717) is 12.8 Å². The van der Waals surface area contributed by atoms with Crippen molar-refractivity contribution < 1.29 is 24.2 Å². The van der Waals surface area contributed by atoms with Gasteiger partial charge in [0.25, 0.3) is 0 Å². The Labute approximate surface area is 112 Å². The van der Waals surface area contributed by atoms with Crippen molar-refractivity contribution in [2.75, 3.05) is 0 Å². The molecular formula is C14H20O5. The Morgan fingerprint density at radius 2 is 1.21 bits per heavy atom. The van der Waals surface area contributed by atoms with Crippen LogP contribution in [0.1, 0.15) is 59.9 Å². The Morgan fingerprint density at radius 1 is 0.895 bits per heavy atom. The van der Waals surface area contributed by atoms with Crippen molar-refractivity contribution >= 4 is 11.9 Å². The number of furan rings is 1. The summed E-state index contributed by atoms with van der Waals surface area (Å²) in [5, 5.41) is 18.5. The van der Waals surface area contributed by atoms with E-state index in [0.717, 1.165) is 0 Å². The number of hydrogen-bond acceptors (Lipinski definition) is 3. The quantitative estimate of drug-likeness (QED) is 0.827. The molecule has 0 saturated heterocycles. The Kier molecular flexibility index (Phi) is 4.75. The van der Waals surface area contributed by atoms with E-state index in [4.69, 9.17) is 4.42 Å². The molecule has 0 fully saturated rings. The summed E-state index contributed by atoms with van der Waals surface area (Å²) in [7, 11) is 0. The molecule has 0 aromatic carbocycles. The van der Waals surface area contributed by atoms with Crippen molar-refractivity contribution in [2.24, 2.45) is 11.8 Å². The third-order valence-electron chi connectivity index (χ3n) is 2.67. The molecule has 1 heterocycles. The van der Waals surface area contributed by atoms with Crippen LogP contribution in [0.3, 0.4) is 0 Å². The molecule has 5 heteroatoms. The molecule has 2 N–H and O–H groups in total. The molecule has 1 aromatic heterocycles. The van der Waals surface area contributed by atoms with Gasteiger partial charge in [-0.15, -0.1) is 0 Å². The lowest BCUT2D eigenvalue weighted by Gasteiger charge is -2.02. The topological polar surface area (TPSA) is 87.7 Å². The van der Waals surface area contributed by atoms with Crippen molar-refractivity contribution in [3.63, 3.8) is 0 Å². The minimum Gasteiger partial charge on any atom is -0.478 e. The standard InChI is InChI=1S/C14H20O5/c1-7(2)5-9-11(13(15)16)12(14(17)18)10(19-9)6-8(3)4/h7-8H,5-6H2,1-4H3,(H,15,16)(H,17,18). The Bertz CT molecular complexity index is 440. The van der Waals surface area contributed by atoms with Gasteiger partial charge in [0.05, 0.1) is 0 Å². The highest BCUT2D eigenvalue weighted by atomic mass is 16.4. The molecule has 0 aliphatic rings. The SMILES string of the molecule is CC(C)Cc1oc(CC(C)C)c(C(=O)O)c1C(=O)O. The van der Waals surface area contributed by atoms with Crippen molar-refractivity contribution in [3.05, 3.63) is 22.6 Å². The average Bonchev–Trinajstić information content (AvgIpc) is 2.53. The molecule has 106 valence electrons. The van der Waals surface area contributed by atoms with Gasteiger partial charge in [-0.1, -0.05) is 27.7 Å². The average molecular weight is 268 g/mol. The van der Waals surface area contributed by atoms with Crippen molar-refractivity contribution in [3.8, 4) is 0 Å². The number of hydrogen-bond donors (Lipinski definition) is 2. The Balaban J connectivity index is 3.39. The second-order valence-corrected chi connectivity index (χ2v) is 5.50. The van der Waals surface area contributed by atoms with Crippen molar-refractivity contribution in [1.82, 2.24) is 0 Å².